The summed E-state index contributed by atoms with van der Waals surface area (Å²) in [6, 6.07) is 14.8. The molecule has 0 atom stereocenters. The van der Waals surface area contributed by atoms with E-state index in [1.807, 2.05) is 18.2 Å². The van der Waals surface area contributed by atoms with Crippen molar-refractivity contribution in [3.05, 3.63) is 69.7 Å². The summed E-state index contributed by atoms with van der Waals surface area (Å²) in [5.74, 6) is -0.158. The number of hydrogen-bond acceptors (Lipinski definition) is 3. The lowest BCUT2D eigenvalue weighted by atomic mass is 10.0. The molecule has 8 heteroatoms. The van der Waals surface area contributed by atoms with Crippen LogP contribution in [0.25, 0.3) is 10.8 Å². The number of nitrogens with zero attached hydrogens (tertiary/aromatic N) is 1. The number of benzene rings is 3. The van der Waals surface area contributed by atoms with E-state index in [0.717, 1.165) is 30.2 Å². The minimum absolute atomic E-state index is 0.136. The van der Waals surface area contributed by atoms with Crippen LogP contribution in [0.15, 0.2) is 48.5 Å². The Morgan fingerprint density at radius 1 is 1.06 bits per heavy atom. The highest BCUT2D eigenvalue weighted by Gasteiger charge is 2.21. The van der Waals surface area contributed by atoms with Crippen LogP contribution in [0.1, 0.15) is 24.0 Å². The molecule has 0 aromatic heterocycles. The number of aryl methyl sites for hydroxylation is 2. The van der Waals surface area contributed by atoms with Gasteiger partial charge in [-0.1, -0.05) is 47.5 Å². The third kappa shape index (κ3) is 4.66. The molecular formula is C23H22Cl2N2O3S. The van der Waals surface area contributed by atoms with Crippen molar-refractivity contribution in [1.82, 2.24) is 0 Å². The first-order valence-electron chi connectivity index (χ1n) is 10.00. The molecule has 0 spiro atoms. The number of hydrogen-bond donors (Lipinski definition) is 1. The smallest absolute Gasteiger partial charge is 0.232 e. The van der Waals surface area contributed by atoms with Crippen molar-refractivity contribution in [1.29, 1.82) is 0 Å². The van der Waals surface area contributed by atoms with Crippen LogP contribution in [-0.4, -0.2) is 27.1 Å². The van der Waals surface area contributed by atoms with E-state index in [9.17, 15) is 13.2 Å². The fourth-order valence-electron chi connectivity index (χ4n) is 4.10. The number of nitrogens with one attached hydrogen (secondary N) is 1. The average molecular weight is 477 g/mol. The summed E-state index contributed by atoms with van der Waals surface area (Å²) in [5.41, 5.74) is 3.76. The Hall–Kier alpha value is -2.28. The highest BCUT2D eigenvalue weighted by atomic mass is 35.5. The Morgan fingerprint density at radius 2 is 1.81 bits per heavy atom. The topological polar surface area (TPSA) is 66.5 Å². The first-order valence-corrected chi connectivity index (χ1v) is 12.6. The summed E-state index contributed by atoms with van der Waals surface area (Å²) in [7, 11) is -3.57. The maximum absolute atomic E-state index is 12.6. The van der Waals surface area contributed by atoms with Gasteiger partial charge in [-0.2, -0.15) is 0 Å². The van der Waals surface area contributed by atoms with Crippen LogP contribution in [0.5, 0.6) is 0 Å². The van der Waals surface area contributed by atoms with Crippen molar-refractivity contribution in [2.24, 2.45) is 0 Å². The summed E-state index contributed by atoms with van der Waals surface area (Å²) < 4.78 is 25.8. The molecule has 3 aromatic carbocycles. The number of carbonyl (C=O) groups excluding carboxylic acids is 1. The molecule has 162 valence electrons. The summed E-state index contributed by atoms with van der Waals surface area (Å²) in [4.78, 5) is 12.6. The van der Waals surface area contributed by atoms with Gasteiger partial charge in [0.15, 0.2) is 0 Å². The van der Waals surface area contributed by atoms with Crippen molar-refractivity contribution in [3.63, 3.8) is 0 Å². The van der Waals surface area contributed by atoms with Crippen LogP contribution in [0.3, 0.4) is 0 Å². The molecule has 1 amide bonds. The third-order valence-corrected chi connectivity index (χ3v) is 7.21. The molecule has 0 saturated carbocycles. The summed E-state index contributed by atoms with van der Waals surface area (Å²) in [5, 5.41) is 5.94. The van der Waals surface area contributed by atoms with Gasteiger partial charge in [0.05, 0.1) is 17.0 Å². The minimum atomic E-state index is -3.57. The first kappa shape index (κ1) is 21.9. The van der Waals surface area contributed by atoms with Gasteiger partial charge >= 0.3 is 0 Å². The number of anilines is 2. The Bertz CT molecular complexity index is 1270. The highest BCUT2D eigenvalue weighted by molar-refractivity contribution is 7.92. The molecule has 0 bridgehead atoms. The van der Waals surface area contributed by atoms with Gasteiger partial charge in [0, 0.05) is 29.1 Å². The highest BCUT2D eigenvalue weighted by Crippen LogP contribution is 2.35. The van der Waals surface area contributed by atoms with E-state index < -0.39 is 10.0 Å². The average Bonchev–Trinajstić information content (AvgIpc) is 3.12. The fraction of sp³-hybridized carbons (Fsp3) is 0.261. The van der Waals surface area contributed by atoms with Crippen molar-refractivity contribution in [2.75, 3.05) is 22.4 Å². The van der Waals surface area contributed by atoms with Gasteiger partial charge in [0.1, 0.15) is 0 Å². The maximum atomic E-state index is 12.6. The largest absolute Gasteiger partial charge is 0.326 e. The van der Waals surface area contributed by atoms with Gasteiger partial charge in [0.2, 0.25) is 15.9 Å². The van der Waals surface area contributed by atoms with Crippen LogP contribution in [0.2, 0.25) is 10.0 Å². The molecule has 0 radical (unpaired) electrons. The van der Waals surface area contributed by atoms with Crippen LogP contribution in [0, 0.1) is 0 Å². The predicted molar refractivity (Wildman–Crippen MR) is 128 cm³/mol. The van der Waals surface area contributed by atoms with E-state index >= 15 is 0 Å². The van der Waals surface area contributed by atoms with E-state index in [1.54, 1.807) is 12.1 Å². The van der Waals surface area contributed by atoms with Gasteiger partial charge in [-0.15, -0.1) is 0 Å². The Morgan fingerprint density at radius 3 is 2.52 bits per heavy atom. The van der Waals surface area contributed by atoms with Crippen LogP contribution >= 0.6 is 23.2 Å². The van der Waals surface area contributed by atoms with Crippen LogP contribution < -0.4 is 9.62 Å². The Balaban J connectivity index is 1.45. The molecule has 0 heterocycles. The standard InChI is InChI=1S/C23H22Cl2N2O3S/c1-31(29,30)27(21-12-10-17(24)14-19(21)25)13-3-6-22(28)26-20-11-9-16-8-7-15-4-2-5-18(20)23(15)16/h2,4-5,9-12,14H,3,6-8,13H2,1H3,(H,26,28). The lowest BCUT2D eigenvalue weighted by molar-refractivity contribution is -0.116. The quantitative estimate of drug-likeness (QED) is 0.494. The Labute approximate surface area is 192 Å². The van der Waals surface area contributed by atoms with Gasteiger partial charge < -0.3 is 5.32 Å². The fourth-order valence-corrected chi connectivity index (χ4v) is 5.64. The van der Waals surface area contributed by atoms with E-state index in [-0.39, 0.29) is 23.9 Å². The van der Waals surface area contributed by atoms with Crippen molar-refractivity contribution in [2.45, 2.75) is 25.7 Å². The molecule has 0 aliphatic heterocycles. The van der Waals surface area contributed by atoms with E-state index in [0.29, 0.717) is 17.1 Å². The molecule has 5 nitrogen and oxygen atoms in total. The lowest BCUT2D eigenvalue weighted by Crippen LogP contribution is -2.31. The Kier molecular flexibility index (Phi) is 6.15. The monoisotopic (exact) mass is 476 g/mol. The zero-order valence-corrected chi connectivity index (χ0v) is 19.3. The van der Waals surface area contributed by atoms with E-state index in [1.165, 1.54) is 26.9 Å². The SMILES string of the molecule is CS(=O)(=O)N(CCCC(=O)Nc1ccc2c3c(cccc13)CC2)c1ccc(Cl)cc1Cl. The molecule has 31 heavy (non-hydrogen) atoms. The molecule has 4 rings (SSSR count). The predicted octanol–water partition coefficient (Wildman–Crippen LogP) is 5.43. The summed E-state index contributed by atoms with van der Waals surface area (Å²) in [6.45, 7) is 0.136. The molecule has 1 aliphatic carbocycles. The second-order valence-corrected chi connectivity index (χ2v) is 10.4. The molecule has 1 N–H and O–H groups in total. The van der Waals surface area contributed by atoms with E-state index in [4.69, 9.17) is 23.2 Å². The lowest BCUT2D eigenvalue weighted by Gasteiger charge is -2.23. The van der Waals surface area contributed by atoms with Gasteiger partial charge in [-0.3, -0.25) is 9.10 Å². The second kappa shape index (κ2) is 8.69. The molecule has 1 aliphatic rings. The van der Waals surface area contributed by atoms with Gasteiger partial charge in [-0.25, -0.2) is 8.42 Å². The van der Waals surface area contributed by atoms with Gasteiger partial charge in [0.25, 0.3) is 0 Å². The number of halogens is 2. The summed E-state index contributed by atoms with van der Waals surface area (Å²) >= 11 is 12.1. The molecular weight excluding hydrogens is 455 g/mol. The van der Waals surface area contributed by atoms with Crippen molar-refractivity contribution >= 4 is 61.3 Å². The molecule has 0 unspecified atom stereocenters. The zero-order valence-electron chi connectivity index (χ0n) is 17.0. The minimum Gasteiger partial charge on any atom is -0.326 e. The molecule has 0 saturated heterocycles. The van der Waals surface area contributed by atoms with Gasteiger partial charge in [-0.05, 0) is 60.0 Å². The number of amides is 1. The normalized spacial score (nSPS) is 12.9. The number of sulfonamides is 1. The second-order valence-electron chi connectivity index (χ2n) is 7.69. The van der Waals surface area contributed by atoms with Crippen molar-refractivity contribution in [3.8, 4) is 0 Å². The summed E-state index contributed by atoms with van der Waals surface area (Å²) in [6.07, 6.45) is 3.70. The zero-order chi connectivity index (χ0) is 22.2. The first-order chi connectivity index (χ1) is 14.7. The maximum Gasteiger partial charge on any atom is 0.232 e. The van der Waals surface area contributed by atoms with E-state index in [2.05, 4.69) is 17.4 Å². The molecule has 0 fully saturated rings. The van der Waals surface area contributed by atoms with Crippen molar-refractivity contribution < 1.29 is 13.2 Å². The molecule has 3 aromatic rings. The third-order valence-electron chi connectivity index (χ3n) is 5.49. The van der Waals surface area contributed by atoms with Crippen LogP contribution in [0.4, 0.5) is 11.4 Å². The number of rotatable bonds is 7. The number of carbonyl (C=O) groups is 1. The van der Waals surface area contributed by atoms with Crippen LogP contribution in [-0.2, 0) is 27.7 Å².